The van der Waals surface area contributed by atoms with Gasteiger partial charge in [-0.3, -0.25) is 10.1 Å². The topological polar surface area (TPSA) is 112 Å². The van der Waals surface area contributed by atoms with Crippen molar-refractivity contribution in [3.8, 4) is 11.4 Å². The van der Waals surface area contributed by atoms with E-state index in [9.17, 15) is 20.0 Å². The van der Waals surface area contributed by atoms with Crippen LogP contribution < -0.4 is 10.4 Å². The summed E-state index contributed by atoms with van der Waals surface area (Å²) in [6.45, 7) is 1.35. The lowest BCUT2D eigenvalue weighted by molar-refractivity contribution is -0.384. The van der Waals surface area contributed by atoms with E-state index in [-0.39, 0.29) is 29.6 Å². The van der Waals surface area contributed by atoms with Gasteiger partial charge < -0.3 is 9.84 Å². The Bertz CT molecular complexity index is 804. The summed E-state index contributed by atoms with van der Waals surface area (Å²) >= 11 is 0. The highest BCUT2D eigenvalue weighted by molar-refractivity contribution is 5.55. The molecule has 0 bridgehead atoms. The third kappa shape index (κ3) is 1.89. The van der Waals surface area contributed by atoms with Crippen molar-refractivity contribution in [2.45, 2.75) is 12.5 Å². The van der Waals surface area contributed by atoms with E-state index in [2.05, 4.69) is 5.10 Å². The number of non-ortho nitro benzene ring substituents is 1. The number of benzene rings is 1. The molecule has 1 aromatic carbocycles. The van der Waals surface area contributed by atoms with Crippen LogP contribution in [0.25, 0.3) is 5.69 Å². The van der Waals surface area contributed by atoms with E-state index in [1.54, 1.807) is 0 Å². The summed E-state index contributed by atoms with van der Waals surface area (Å²) in [6, 6.07) is 3.90. The molecule has 0 saturated heterocycles. The van der Waals surface area contributed by atoms with Crippen molar-refractivity contribution in [1.29, 1.82) is 0 Å². The summed E-state index contributed by atoms with van der Waals surface area (Å²) in [5, 5.41) is 25.3. The third-order valence-electron chi connectivity index (χ3n) is 3.31. The van der Waals surface area contributed by atoms with Gasteiger partial charge in [-0.15, -0.1) is 0 Å². The van der Waals surface area contributed by atoms with Crippen LogP contribution in [0.15, 0.2) is 23.0 Å². The van der Waals surface area contributed by atoms with Crippen LogP contribution in [0.3, 0.4) is 0 Å². The van der Waals surface area contributed by atoms with E-state index in [1.165, 1.54) is 32.2 Å². The van der Waals surface area contributed by atoms with E-state index in [1.807, 2.05) is 0 Å². The van der Waals surface area contributed by atoms with Crippen LogP contribution in [0.5, 0.6) is 5.75 Å². The fraction of sp³-hybridized carbons (Fsp3) is 0.333. The van der Waals surface area contributed by atoms with Gasteiger partial charge in [0.25, 0.3) is 5.69 Å². The lowest BCUT2D eigenvalue weighted by Gasteiger charge is -2.18. The van der Waals surface area contributed by atoms with E-state index < -0.39 is 16.2 Å². The van der Waals surface area contributed by atoms with Crippen LogP contribution >= 0.6 is 0 Å². The van der Waals surface area contributed by atoms with Crippen molar-refractivity contribution in [2.24, 2.45) is 7.05 Å². The number of hydrogen-bond donors (Lipinski definition) is 1. The molecule has 0 saturated carbocycles. The van der Waals surface area contributed by atoms with Crippen LogP contribution in [0.1, 0.15) is 12.7 Å². The highest BCUT2D eigenvalue weighted by Crippen LogP contribution is 2.33. The molecule has 1 N–H and O–H groups in total. The predicted molar refractivity (Wildman–Crippen MR) is 70.5 cm³/mol. The van der Waals surface area contributed by atoms with Crippen LogP contribution in [0.2, 0.25) is 0 Å². The van der Waals surface area contributed by atoms with E-state index in [4.69, 9.17) is 4.74 Å². The van der Waals surface area contributed by atoms with E-state index in [0.29, 0.717) is 0 Å². The molecule has 1 aromatic heterocycles. The first-order chi connectivity index (χ1) is 9.81. The highest BCUT2D eigenvalue weighted by Gasteiger charge is 2.36. The molecular weight excluding hydrogens is 280 g/mol. The van der Waals surface area contributed by atoms with Crippen LogP contribution in [0, 0.1) is 10.1 Å². The van der Waals surface area contributed by atoms with Gasteiger partial charge in [-0.25, -0.2) is 14.0 Å². The molecule has 9 nitrogen and oxygen atoms in total. The second-order valence-electron chi connectivity index (χ2n) is 5.04. The molecule has 0 aliphatic carbocycles. The molecule has 0 fully saturated rings. The maximum Gasteiger partial charge on any atom is 0.350 e. The zero-order valence-electron chi connectivity index (χ0n) is 11.3. The van der Waals surface area contributed by atoms with Crippen molar-refractivity contribution in [2.75, 3.05) is 6.61 Å². The summed E-state index contributed by atoms with van der Waals surface area (Å²) in [6.07, 6.45) is 0. The molecule has 0 amide bonds. The average molecular weight is 292 g/mol. The van der Waals surface area contributed by atoms with Gasteiger partial charge in [-0.1, -0.05) is 0 Å². The zero-order valence-corrected chi connectivity index (χ0v) is 11.3. The molecule has 2 aromatic rings. The number of hydrogen-bond acceptors (Lipinski definition) is 6. The number of nitro benzene ring substituents is 1. The second-order valence-corrected chi connectivity index (χ2v) is 5.04. The van der Waals surface area contributed by atoms with Gasteiger partial charge >= 0.3 is 5.69 Å². The largest absolute Gasteiger partial charge is 0.488 e. The number of nitro groups is 1. The van der Waals surface area contributed by atoms with Gasteiger partial charge in [0.15, 0.2) is 11.4 Å². The fourth-order valence-electron chi connectivity index (χ4n) is 2.23. The average Bonchev–Trinajstić information content (AvgIpc) is 2.67. The second kappa shape index (κ2) is 4.16. The molecule has 21 heavy (non-hydrogen) atoms. The molecule has 2 heterocycles. The number of aromatic nitrogens is 3. The van der Waals surface area contributed by atoms with Gasteiger partial charge in [-0.05, 0) is 13.0 Å². The molecule has 1 aliphatic heterocycles. The van der Waals surface area contributed by atoms with E-state index in [0.717, 1.165) is 9.25 Å². The minimum Gasteiger partial charge on any atom is -0.488 e. The lowest BCUT2D eigenvalue weighted by atomic mass is 10.1. The molecular formula is C12H12N4O5. The Morgan fingerprint density at radius 2 is 2.24 bits per heavy atom. The Balaban J connectivity index is 2.37. The maximum atomic E-state index is 12.2. The van der Waals surface area contributed by atoms with Crippen LogP contribution in [-0.4, -0.2) is 31.0 Å². The van der Waals surface area contributed by atoms with Crippen molar-refractivity contribution in [1.82, 2.24) is 14.3 Å². The Kier molecular flexibility index (Phi) is 2.63. The minimum absolute atomic E-state index is 0.0780. The van der Waals surface area contributed by atoms with Gasteiger partial charge in [0.1, 0.15) is 18.0 Å². The molecule has 0 spiro atoms. The van der Waals surface area contributed by atoms with Crippen LogP contribution in [0.4, 0.5) is 5.69 Å². The van der Waals surface area contributed by atoms with Gasteiger partial charge in [0.2, 0.25) is 0 Å². The van der Waals surface area contributed by atoms with Crippen molar-refractivity contribution in [3.63, 3.8) is 0 Å². The summed E-state index contributed by atoms with van der Waals surface area (Å²) in [5.41, 5.74) is -2.00. The maximum absolute atomic E-state index is 12.2. The molecule has 1 unspecified atom stereocenters. The molecule has 0 radical (unpaired) electrons. The van der Waals surface area contributed by atoms with Gasteiger partial charge in [-0.2, -0.15) is 5.10 Å². The SMILES string of the molecule is Cn1nc2n(c1=O)-c1cc([N+](=O)[O-])ccc1OCC2(C)O. The number of fused-ring (bicyclic) bond motifs is 3. The summed E-state index contributed by atoms with van der Waals surface area (Å²) in [7, 11) is 1.44. The lowest BCUT2D eigenvalue weighted by Crippen LogP contribution is -2.32. The summed E-state index contributed by atoms with van der Waals surface area (Å²) < 4.78 is 7.65. The Labute approximate surface area is 118 Å². The molecule has 1 aliphatic rings. The number of ether oxygens (including phenoxy) is 1. The molecule has 1 atom stereocenters. The first kappa shape index (κ1) is 13.3. The van der Waals surface area contributed by atoms with Crippen molar-refractivity contribution < 1.29 is 14.8 Å². The highest BCUT2D eigenvalue weighted by atomic mass is 16.6. The predicted octanol–water partition coefficient (Wildman–Crippen LogP) is 0.0791. The van der Waals surface area contributed by atoms with Crippen molar-refractivity contribution >= 4 is 5.69 Å². The molecule has 3 rings (SSSR count). The van der Waals surface area contributed by atoms with Crippen molar-refractivity contribution in [3.05, 3.63) is 44.6 Å². The normalized spacial score (nSPS) is 20.1. The Morgan fingerprint density at radius 3 is 2.90 bits per heavy atom. The quantitative estimate of drug-likeness (QED) is 0.588. The standard InChI is InChI=1S/C12H12N4O5/c1-12(18)6-21-9-4-3-7(16(19)20)5-8(9)15-10(12)13-14(2)11(15)17/h3-5,18H,6H2,1-2H3. The fourth-order valence-corrected chi connectivity index (χ4v) is 2.23. The van der Waals surface area contributed by atoms with E-state index >= 15 is 0 Å². The Morgan fingerprint density at radius 1 is 1.52 bits per heavy atom. The summed E-state index contributed by atoms with van der Waals surface area (Å²) in [4.78, 5) is 22.6. The third-order valence-corrected chi connectivity index (χ3v) is 3.31. The number of aliphatic hydroxyl groups is 1. The zero-order chi connectivity index (χ0) is 15.4. The summed E-state index contributed by atoms with van der Waals surface area (Å²) in [5.74, 6) is 0.351. The minimum atomic E-state index is -1.49. The number of aryl methyl sites for hydroxylation is 1. The number of nitrogens with zero attached hydrogens (tertiary/aromatic N) is 4. The van der Waals surface area contributed by atoms with Gasteiger partial charge in [0, 0.05) is 19.2 Å². The first-order valence-corrected chi connectivity index (χ1v) is 6.12. The molecule has 9 heteroatoms. The number of rotatable bonds is 1. The monoisotopic (exact) mass is 292 g/mol. The Hall–Kier alpha value is -2.68. The molecule has 110 valence electrons. The van der Waals surface area contributed by atoms with Gasteiger partial charge in [0.05, 0.1) is 4.92 Å². The smallest absolute Gasteiger partial charge is 0.350 e. The van der Waals surface area contributed by atoms with Crippen LogP contribution in [-0.2, 0) is 12.6 Å². The first-order valence-electron chi connectivity index (χ1n) is 6.12.